The minimum Gasteiger partial charge on any atom is -0.498 e. The molecule has 1 saturated heterocycles. The van der Waals surface area contributed by atoms with E-state index in [0.29, 0.717) is 25.4 Å². The summed E-state index contributed by atoms with van der Waals surface area (Å²) in [5.74, 6) is 0.666. The first kappa shape index (κ1) is 19.7. The summed E-state index contributed by atoms with van der Waals surface area (Å²) >= 11 is 0. The number of hydrogen-bond donors (Lipinski definition) is 0. The second kappa shape index (κ2) is 9.20. The molecule has 1 saturated carbocycles. The Kier molecular flexibility index (Phi) is 6.96. The van der Waals surface area contributed by atoms with E-state index in [1.807, 2.05) is 0 Å². The molecule has 1 aliphatic heterocycles. The molecule has 0 N–H and O–H groups in total. The Balaban J connectivity index is 1.42. The van der Waals surface area contributed by atoms with Gasteiger partial charge in [0.15, 0.2) is 11.7 Å². The van der Waals surface area contributed by atoms with Crippen molar-refractivity contribution in [2.45, 2.75) is 70.8 Å². The highest BCUT2D eigenvalue weighted by molar-refractivity contribution is 5.29. The number of allylic oxidation sites excluding steroid dienone is 4. The molecular weight excluding hydrogens is 338 g/mol. The largest absolute Gasteiger partial charge is 0.498 e. The van der Waals surface area contributed by atoms with Crippen LogP contribution in [0.1, 0.15) is 64.7 Å². The number of halogens is 2. The quantitative estimate of drug-likeness (QED) is 0.590. The van der Waals surface area contributed by atoms with Gasteiger partial charge < -0.3 is 14.2 Å². The van der Waals surface area contributed by atoms with Gasteiger partial charge in [-0.3, -0.25) is 0 Å². The molecule has 0 spiro atoms. The number of ether oxygens (including phenoxy) is 3. The van der Waals surface area contributed by atoms with E-state index in [2.05, 4.69) is 6.92 Å². The maximum atomic E-state index is 14.0. The van der Waals surface area contributed by atoms with Gasteiger partial charge in [-0.25, -0.2) is 0 Å². The van der Waals surface area contributed by atoms with Crippen LogP contribution in [0.3, 0.4) is 0 Å². The van der Waals surface area contributed by atoms with Gasteiger partial charge in [0, 0.05) is 12.8 Å². The van der Waals surface area contributed by atoms with E-state index in [0.717, 1.165) is 31.3 Å². The number of rotatable bonds is 6. The summed E-state index contributed by atoms with van der Waals surface area (Å²) in [4.78, 5) is 0. The first-order chi connectivity index (χ1) is 12.6. The van der Waals surface area contributed by atoms with Crippen LogP contribution < -0.4 is 0 Å². The van der Waals surface area contributed by atoms with Gasteiger partial charge in [-0.2, -0.15) is 8.78 Å². The zero-order valence-corrected chi connectivity index (χ0v) is 16.1. The van der Waals surface area contributed by atoms with E-state index in [9.17, 15) is 8.78 Å². The highest BCUT2D eigenvalue weighted by atomic mass is 19.2. The normalized spacial score (nSPS) is 33.4. The van der Waals surface area contributed by atoms with E-state index in [4.69, 9.17) is 14.2 Å². The van der Waals surface area contributed by atoms with Crippen LogP contribution in [0.15, 0.2) is 23.2 Å². The average molecular weight is 370 g/mol. The molecule has 3 aliphatic rings. The Morgan fingerprint density at radius 1 is 0.923 bits per heavy atom. The molecule has 1 heterocycles. The van der Waals surface area contributed by atoms with Crippen molar-refractivity contribution >= 4 is 0 Å². The second-order valence-corrected chi connectivity index (χ2v) is 7.97. The first-order valence-corrected chi connectivity index (χ1v) is 10.2. The van der Waals surface area contributed by atoms with Gasteiger partial charge in [-0.05, 0) is 43.4 Å². The van der Waals surface area contributed by atoms with Crippen LogP contribution in [0.2, 0.25) is 0 Å². The standard InChI is InChI=1S/C21H32F2O3/c1-3-14-4-6-15(7-5-14)16-8-9-17(25-12-16)13-26-19-11-10-18(24-2)20(22)21(19)23/h14-17H,3-13H2,1-2H3. The van der Waals surface area contributed by atoms with Gasteiger partial charge in [0.25, 0.3) is 0 Å². The van der Waals surface area contributed by atoms with Crippen molar-refractivity contribution in [2.75, 3.05) is 20.3 Å². The summed E-state index contributed by atoms with van der Waals surface area (Å²) in [5, 5.41) is 0. The fourth-order valence-electron chi connectivity index (χ4n) is 4.61. The van der Waals surface area contributed by atoms with E-state index in [1.54, 1.807) is 0 Å². The Hall–Kier alpha value is -1.10. The Morgan fingerprint density at radius 3 is 2.19 bits per heavy atom. The molecule has 0 radical (unpaired) electrons. The molecule has 2 unspecified atom stereocenters. The van der Waals surface area contributed by atoms with Crippen molar-refractivity contribution in [3.63, 3.8) is 0 Å². The summed E-state index contributed by atoms with van der Waals surface area (Å²) in [6, 6.07) is 0. The monoisotopic (exact) mass is 370 g/mol. The summed E-state index contributed by atoms with van der Waals surface area (Å²) in [5.41, 5.74) is 0. The second-order valence-electron chi connectivity index (χ2n) is 7.97. The summed E-state index contributed by atoms with van der Waals surface area (Å²) in [7, 11) is 1.36. The highest BCUT2D eigenvalue weighted by Gasteiger charge is 2.32. The van der Waals surface area contributed by atoms with Crippen LogP contribution in [0, 0.1) is 17.8 Å². The van der Waals surface area contributed by atoms with Gasteiger partial charge in [0.1, 0.15) is 18.1 Å². The topological polar surface area (TPSA) is 27.7 Å². The molecule has 148 valence electrons. The fourth-order valence-corrected chi connectivity index (χ4v) is 4.61. The molecule has 0 aromatic rings. The van der Waals surface area contributed by atoms with Crippen LogP contribution in [-0.2, 0) is 14.2 Å². The van der Waals surface area contributed by atoms with E-state index in [1.165, 1.54) is 39.2 Å². The molecule has 0 aromatic heterocycles. The van der Waals surface area contributed by atoms with Crippen molar-refractivity contribution < 1.29 is 23.0 Å². The molecule has 26 heavy (non-hydrogen) atoms. The van der Waals surface area contributed by atoms with Gasteiger partial charge in [-0.15, -0.1) is 0 Å². The predicted molar refractivity (Wildman–Crippen MR) is 96.7 cm³/mol. The first-order valence-electron chi connectivity index (χ1n) is 10.2. The van der Waals surface area contributed by atoms with Crippen LogP contribution in [0.4, 0.5) is 8.78 Å². The lowest BCUT2D eigenvalue weighted by molar-refractivity contribution is -0.0669. The van der Waals surface area contributed by atoms with Crippen LogP contribution in [0.25, 0.3) is 0 Å². The Bertz CT molecular complexity index is 527. The zero-order valence-electron chi connectivity index (χ0n) is 16.1. The van der Waals surface area contributed by atoms with Crippen LogP contribution >= 0.6 is 0 Å². The van der Waals surface area contributed by atoms with Crippen molar-refractivity contribution in [1.29, 1.82) is 0 Å². The Morgan fingerprint density at radius 2 is 1.58 bits per heavy atom. The SMILES string of the molecule is CCC1CCC(C2CCC(COC3=C(F)C(F)=C(OC)CC3)OC2)CC1. The van der Waals surface area contributed by atoms with Crippen LogP contribution in [-0.4, -0.2) is 26.4 Å². The van der Waals surface area contributed by atoms with E-state index < -0.39 is 11.7 Å². The van der Waals surface area contributed by atoms with Gasteiger partial charge in [-0.1, -0.05) is 26.2 Å². The molecule has 2 atom stereocenters. The lowest BCUT2D eigenvalue weighted by Crippen LogP contribution is -2.34. The van der Waals surface area contributed by atoms with E-state index >= 15 is 0 Å². The lowest BCUT2D eigenvalue weighted by atomic mass is 9.73. The Labute approximate surface area is 155 Å². The molecule has 3 rings (SSSR count). The van der Waals surface area contributed by atoms with Gasteiger partial charge in [0.05, 0.1) is 19.8 Å². The van der Waals surface area contributed by atoms with Crippen molar-refractivity contribution in [3.8, 4) is 0 Å². The van der Waals surface area contributed by atoms with Crippen molar-refractivity contribution in [1.82, 2.24) is 0 Å². The van der Waals surface area contributed by atoms with E-state index in [-0.39, 0.29) is 17.6 Å². The molecule has 0 amide bonds. The molecule has 3 nitrogen and oxygen atoms in total. The zero-order chi connectivity index (χ0) is 18.5. The molecule has 0 aromatic carbocycles. The number of methoxy groups -OCH3 is 1. The maximum absolute atomic E-state index is 14.0. The maximum Gasteiger partial charge on any atom is 0.199 e. The lowest BCUT2D eigenvalue weighted by Gasteiger charge is -2.37. The third-order valence-corrected chi connectivity index (χ3v) is 6.49. The molecular formula is C21H32F2O3. The van der Waals surface area contributed by atoms with Crippen molar-refractivity contribution in [2.24, 2.45) is 17.8 Å². The fraction of sp³-hybridized carbons (Fsp3) is 0.810. The third-order valence-electron chi connectivity index (χ3n) is 6.49. The number of hydrogen-bond acceptors (Lipinski definition) is 3. The third kappa shape index (κ3) is 4.59. The van der Waals surface area contributed by atoms with Crippen LogP contribution in [0.5, 0.6) is 0 Å². The summed E-state index contributed by atoms with van der Waals surface area (Å²) in [6.07, 6.45) is 9.43. The molecule has 2 fully saturated rings. The molecule has 0 bridgehead atoms. The highest BCUT2D eigenvalue weighted by Crippen LogP contribution is 2.39. The van der Waals surface area contributed by atoms with Crippen molar-refractivity contribution in [3.05, 3.63) is 23.2 Å². The minimum atomic E-state index is -0.930. The average Bonchev–Trinajstić information content (AvgIpc) is 2.70. The molecule has 5 heteroatoms. The smallest absolute Gasteiger partial charge is 0.199 e. The van der Waals surface area contributed by atoms with Gasteiger partial charge >= 0.3 is 0 Å². The molecule has 2 aliphatic carbocycles. The van der Waals surface area contributed by atoms with Gasteiger partial charge in [0.2, 0.25) is 0 Å². The predicted octanol–water partition coefficient (Wildman–Crippen LogP) is 5.82. The summed E-state index contributed by atoms with van der Waals surface area (Å²) < 4.78 is 44.2. The minimum absolute atomic E-state index is 0.0191. The summed E-state index contributed by atoms with van der Waals surface area (Å²) in [6.45, 7) is 3.37.